The molecule has 0 bridgehead atoms. The van der Waals surface area contributed by atoms with Crippen LogP contribution in [0.2, 0.25) is 0 Å². The van der Waals surface area contributed by atoms with Gasteiger partial charge in [-0.3, -0.25) is 9.78 Å². The fourth-order valence-corrected chi connectivity index (χ4v) is 3.11. The molecule has 0 saturated heterocycles. The molecule has 0 spiro atoms. The molecule has 0 saturated carbocycles. The molecule has 1 aliphatic heterocycles. The van der Waals surface area contributed by atoms with Gasteiger partial charge in [0.15, 0.2) is 0 Å². The van der Waals surface area contributed by atoms with Crippen LogP contribution < -0.4 is 10.6 Å². The minimum Gasteiger partial charge on any atom is -0.361 e. The summed E-state index contributed by atoms with van der Waals surface area (Å²) in [5.41, 5.74) is 4.08. The van der Waals surface area contributed by atoms with E-state index in [-0.39, 0.29) is 5.91 Å². The van der Waals surface area contributed by atoms with Crippen molar-refractivity contribution in [2.75, 3.05) is 5.32 Å². The maximum Gasteiger partial charge on any atom is 0.274 e. The van der Waals surface area contributed by atoms with Crippen molar-refractivity contribution in [1.82, 2.24) is 10.3 Å². The van der Waals surface area contributed by atoms with E-state index >= 15 is 0 Å². The predicted molar refractivity (Wildman–Crippen MR) is 101 cm³/mol. The molecule has 1 aromatic heterocycles. The summed E-state index contributed by atoms with van der Waals surface area (Å²) < 4.78 is 0. The number of rotatable bonds is 3. The molecular weight excluding hydrogens is 338 g/mol. The van der Waals surface area contributed by atoms with E-state index in [1.807, 2.05) is 19.9 Å². The van der Waals surface area contributed by atoms with Gasteiger partial charge in [0, 0.05) is 23.3 Å². The molecule has 0 fully saturated rings. The van der Waals surface area contributed by atoms with Gasteiger partial charge in [-0.25, -0.2) is 0 Å². The van der Waals surface area contributed by atoms with E-state index in [4.69, 9.17) is 0 Å². The molecule has 2 N–H and O–H groups in total. The molecule has 27 heavy (non-hydrogen) atoms. The first-order chi connectivity index (χ1) is 13.0. The molecule has 3 rings (SSSR count). The Labute approximate surface area is 157 Å². The standard InChI is InChI=1S/C21H17N5O/c1-13-17(11-22)20(18(12-23)14(2)25-13)15-6-5-7-16(10-15)26-21(27)19-8-3-4-9-24-19/h3-10,20,25H,1-2H3,(H,26,27). The zero-order valence-electron chi connectivity index (χ0n) is 14.9. The number of dihydropyridines is 1. The fraction of sp³-hybridized carbons (Fsp3) is 0.143. The number of nitrogens with zero attached hydrogens (tertiary/aromatic N) is 3. The second-order valence-corrected chi connectivity index (χ2v) is 6.15. The summed E-state index contributed by atoms with van der Waals surface area (Å²) in [7, 11) is 0. The normalized spacial score (nSPS) is 14.2. The number of amides is 1. The van der Waals surface area contributed by atoms with Crippen LogP contribution in [0.3, 0.4) is 0 Å². The van der Waals surface area contributed by atoms with Gasteiger partial charge in [0.25, 0.3) is 5.91 Å². The van der Waals surface area contributed by atoms with E-state index in [2.05, 4.69) is 27.8 Å². The molecule has 6 nitrogen and oxygen atoms in total. The molecule has 2 aromatic rings. The Morgan fingerprint density at radius 1 is 1.07 bits per heavy atom. The zero-order valence-corrected chi connectivity index (χ0v) is 14.9. The maximum absolute atomic E-state index is 12.3. The van der Waals surface area contributed by atoms with E-state index in [9.17, 15) is 15.3 Å². The first-order valence-electron chi connectivity index (χ1n) is 8.36. The Balaban J connectivity index is 1.97. The lowest BCUT2D eigenvalue weighted by atomic mass is 9.81. The number of nitriles is 2. The lowest BCUT2D eigenvalue weighted by Crippen LogP contribution is -2.23. The quantitative estimate of drug-likeness (QED) is 0.875. The predicted octanol–water partition coefficient (Wildman–Crippen LogP) is 3.62. The Bertz CT molecular complexity index is 1000. The van der Waals surface area contributed by atoms with Crippen molar-refractivity contribution in [3.63, 3.8) is 0 Å². The van der Waals surface area contributed by atoms with E-state index in [0.29, 0.717) is 22.5 Å². The maximum atomic E-state index is 12.3. The number of allylic oxidation sites excluding steroid dienone is 4. The van der Waals surface area contributed by atoms with Crippen LogP contribution in [0.15, 0.2) is 71.2 Å². The van der Waals surface area contributed by atoms with Crippen LogP contribution in [0, 0.1) is 22.7 Å². The van der Waals surface area contributed by atoms with Crippen LogP contribution >= 0.6 is 0 Å². The fourth-order valence-electron chi connectivity index (χ4n) is 3.11. The van der Waals surface area contributed by atoms with Gasteiger partial charge in [-0.15, -0.1) is 0 Å². The van der Waals surface area contributed by atoms with Crippen LogP contribution in [0.25, 0.3) is 0 Å². The summed E-state index contributed by atoms with van der Waals surface area (Å²) >= 11 is 0. The number of benzene rings is 1. The largest absolute Gasteiger partial charge is 0.361 e. The molecule has 0 radical (unpaired) electrons. The second-order valence-electron chi connectivity index (χ2n) is 6.15. The lowest BCUT2D eigenvalue weighted by Gasteiger charge is -2.26. The molecule has 1 amide bonds. The third-order valence-electron chi connectivity index (χ3n) is 4.38. The monoisotopic (exact) mass is 355 g/mol. The molecule has 1 aromatic carbocycles. The number of carbonyl (C=O) groups excluding carboxylic acids is 1. The molecule has 6 heteroatoms. The number of anilines is 1. The molecule has 1 aliphatic rings. The number of aromatic nitrogens is 1. The first kappa shape index (κ1) is 17.9. The van der Waals surface area contributed by atoms with Gasteiger partial charge in [0.2, 0.25) is 0 Å². The van der Waals surface area contributed by atoms with Crippen molar-refractivity contribution < 1.29 is 4.79 Å². The summed E-state index contributed by atoms with van der Waals surface area (Å²) in [6.07, 6.45) is 1.56. The van der Waals surface area contributed by atoms with Gasteiger partial charge in [-0.1, -0.05) is 18.2 Å². The van der Waals surface area contributed by atoms with Crippen LogP contribution in [0.5, 0.6) is 0 Å². The smallest absolute Gasteiger partial charge is 0.274 e. The molecule has 0 aliphatic carbocycles. The Kier molecular flexibility index (Phi) is 5.01. The SMILES string of the molecule is CC1=C(C#N)C(c2cccc(NC(=O)c3ccccn3)c2)C(C#N)=C(C)N1. The topological polar surface area (TPSA) is 102 Å². The van der Waals surface area contributed by atoms with Gasteiger partial charge < -0.3 is 10.6 Å². The van der Waals surface area contributed by atoms with Crippen molar-refractivity contribution >= 4 is 11.6 Å². The second kappa shape index (κ2) is 7.55. The zero-order chi connectivity index (χ0) is 19.4. The van der Waals surface area contributed by atoms with Crippen LogP contribution in [0.1, 0.15) is 35.8 Å². The van der Waals surface area contributed by atoms with Gasteiger partial charge in [0.05, 0.1) is 29.2 Å². The summed E-state index contributed by atoms with van der Waals surface area (Å²) in [4.78, 5) is 16.4. The van der Waals surface area contributed by atoms with Crippen molar-refractivity contribution in [2.24, 2.45) is 0 Å². The van der Waals surface area contributed by atoms with Gasteiger partial charge >= 0.3 is 0 Å². The number of nitrogens with one attached hydrogen (secondary N) is 2. The molecule has 132 valence electrons. The first-order valence-corrected chi connectivity index (χ1v) is 8.36. The molecular formula is C21H17N5O. The molecule has 0 atom stereocenters. The summed E-state index contributed by atoms with van der Waals surface area (Å²) in [5, 5.41) is 25.1. The highest BCUT2D eigenvalue weighted by atomic mass is 16.1. The van der Waals surface area contributed by atoms with Crippen molar-refractivity contribution in [3.8, 4) is 12.1 Å². The molecule has 2 heterocycles. The van der Waals surface area contributed by atoms with Crippen LogP contribution in [0.4, 0.5) is 5.69 Å². The Morgan fingerprint density at radius 3 is 2.37 bits per heavy atom. The average Bonchev–Trinajstić information content (AvgIpc) is 2.68. The van der Waals surface area contributed by atoms with Gasteiger partial charge in [-0.2, -0.15) is 10.5 Å². The third-order valence-corrected chi connectivity index (χ3v) is 4.38. The third kappa shape index (κ3) is 3.56. The minimum atomic E-state index is -0.465. The number of hydrogen-bond donors (Lipinski definition) is 2. The highest BCUT2D eigenvalue weighted by Crippen LogP contribution is 2.37. The lowest BCUT2D eigenvalue weighted by molar-refractivity contribution is 0.102. The Morgan fingerprint density at radius 2 is 1.78 bits per heavy atom. The van der Waals surface area contributed by atoms with Crippen LogP contribution in [-0.2, 0) is 0 Å². The summed E-state index contributed by atoms with van der Waals surface area (Å²) in [6.45, 7) is 3.63. The Hall–Kier alpha value is -3.90. The van der Waals surface area contributed by atoms with Crippen molar-refractivity contribution in [2.45, 2.75) is 19.8 Å². The van der Waals surface area contributed by atoms with E-state index in [1.54, 1.807) is 42.6 Å². The van der Waals surface area contributed by atoms with E-state index < -0.39 is 5.92 Å². The van der Waals surface area contributed by atoms with Gasteiger partial charge in [-0.05, 0) is 43.7 Å². The number of hydrogen-bond acceptors (Lipinski definition) is 5. The highest BCUT2D eigenvalue weighted by Gasteiger charge is 2.29. The van der Waals surface area contributed by atoms with Gasteiger partial charge in [0.1, 0.15) is 5.69 Å². The summed E-state index contributed by atoms with van der Waals surface area (Å²) in [6, 6.07) is 16.7. The average molecular weight is 355 g/mol. The van der Waals surface area contributed by atoms with Crippen molar-refractivity contribution in [3.05, 3.63) is 82.5 Å². The number of carbonyl (C=O) groups is 1. The van der Waals surface area contributed by atoms with Crippen molar-refractivity contribution in [1.29, 1.82) is 10.5 Å². The van der Waals surface area contributed by atoms with E-state index in [0.717, 1.165) is 17.0 Å². The molecule has 0 unspecified atom stereocenters. The number of pyridine rings is 1. The van der Waals surface area contributed by atoms with Crippen LogP contribution in [-0.4, -0.2) is 10.9 Å². The summed E-state index contributed by atoms with van der Waals surface area (Å²) in [5.74, 6) is -0.787. The van der Waals surface area contributed by atoms with E-state index in [1.165, 1.54) is 0 Å². The highest BCUT2D eigenvalue weighted by molar-refractivity contribution is 6.02. The minimum absolute atomic E-state index is 0.312.